The molecule has 1 aromatic heterocycles. The number of aromatic nitrogens is 1. The Hall–Kier alpha value is -0.380. The lowest BCUT2D eigenvalue weighted by atomic mass is 10.2. The van der Waals surface area contributed by atoms with E-state index in [1.165, 1.54) is 6.20 Å². The second-order valence-electron chi connectivity index (χ2n) is 2.61. The van der Waals surface area contributed by atoms with Crippen molar-refractivity contribution in [3.8, 4) is 5.75 Å². The standard InChI is InChI=1S/C8H4BrF3INO2/c9-1-5-4(3-15)2-14-7(13)6(5)16-8(10,11)12/h2-3H,1H2. The van der Waals surface area contributed by atoms with E-state index in [0.29, 0.717) is 6.29 Å². The van der Waals surface area contributed by atoms with Crippen LogP contribution in [0.5, 0.6) is 5.75 Å². The highest BCUT2D eigenvalue weighted by Gasteiger charge is 2.33. The van der Waals surface area contributed by atoms with Crippen LogP contribution in [0.4, 0.5) is 13.2 Å². The second-order valence-corrected chi connectivity index (χ2v) is 4.19. The third kappa shape index (κ3) is 3.30. The highest BCUT2D eigenvalue weighted by molar-refractivity contribution is 14.1. The third-order valence-electron chi connectivity index (χ3n) is 1.61. The molecule has 0 atom stereocenters. The second kappa shape index (κ2) is 5.30. The fourth-order valence-corrected chi connectivity index (χ4v) is 2.13. The van der Waals surface area contributed by atoms with Crippen LogP contribution in [0.2, 0.25) is 0 Å². The van der Waals surface area contributed by atoms with Gasteiger partial charge in [-0.05, 0) is 22.6 Å². The lowest BCUT2D eigenvalue weighted by molar-refractivity contribution is -0.275. The molecule has 1 heterocycles. The van der Waals surface area contributed by atoms with Gasteiger partial charge in [0.05, 0.1) is 0 Å². The summed E-state index contributed by atoms with van der Waals surface area (Å²) in [5.41, 5.74) is 0.197. The molecule has 0 N–H and O–H groups in total. The highest BCUT2D eigenvalue weighted by atomic mass is 127. The summed E-state index contributed by atoms with van der Waals surface area (Å²) in [4.78, 5) is 14.3. The Bertz CT molecular complexity index is 411. The van der Waals surface area contributed by atoms with E-state index >= 15 is 0 Å². The summed E-state index contributed by atoms with van der Waals surface area (Å²) >= 11 is 4.61. The van der Waals surface area contributed by atoms with Crippen LogP contribution in [0, 0.1) is 3.70 Å². The van der Waals surface area contributed by atoms with E-state index in [0.717, 1.165) is 0 Å². The van der Waals surface area contributed by atoms with Gasteiger partial charge >= 0.3 is 6.36 Å². The average molecular weight is 410 g/mol. The molecule has 0 radical (unpaired) electrons. The SMILES string of the molecule is O=Cc1cnc(I)c(OC(F)(F)F)c1CBr. The summed E-state index contributed by atoms with van der Waals surface area (Å²) < 4.78 is 40.2. The predicted octanol–water partition coefficient (Wildman–Crippen LogP) is 3.29. The van der Waals surface area contributed by atoms with Gasteiger partial charge in [0.15, 0.2) is 12.0 Å². The molecule has 0 aliphatic rings. The molecule has 0 aromatic carbocycles. The summed E-state index contributed by atoms with van der Waals surface area (Å²) in [6, 6.07) is 0. The molecule has 0 amide bonds. The van der Waals surface area contributed by atoms with Gasteiger partial charge in [-0.2, -0.15) is 0 Å². The van der Waals surface area contributed by atoms with Crippen molar-refractivity contribution in [2.24, 2.45) is 0 Å². The summed E-state index contributed by atoms with van der Waals surface area (Å²) in [7, 11) is 0. The molecule has 1 rings (SSSR count). The van der Waals surface area contributed by atoms with Crippen molar-refractivity contribution < 1.29 is 22.7 Å². The molecule has 3 nitrogen and oxygen atoms in total. The van der Waals surface area contributed by atoms with E-state index in [1.807, 2.05) is 0 Å². The van der Waals surface area contributed by atoms with Gasteiger partial charge in [-0.15, -0.1) is 13.2 Å². The van der Waals surface area contributed by atoms with E-state index in [2.05, 4.69) is 25.7 Å². The van der Waals surface area contributed by atoms with Crippen molar-refractivity contribution in [1.82, 2.24) is 4.98 Å². The van der Waals surface area contributed by atoms with E-state index in [1.54, 1.807) is 22.6 Å². The zero-order chi connectivity index (χ0) is 12.3. The minimum absolute atomic E-state index is 0.0509. The number of rotatable bonds is 3. The maximum atomic E-state index is 12.1. The molecule has 0 spiro atoms. The molecule has 8 heteroatoms. The molecular formula is C8H4BrF3INO2. The lowest BCUT2D eigenvalue weighted by Gasteiger charge is -2.14. The molecule has 88 valence electrons. The number of carbonyl (C=O) groups excluding carboxylic acids is 1. The quantitative estimate of drug-likeness (QED) is 0.333. The number of pyridine rings is 1. The van der Waals surface area contributed by atoms with Crippen molar-refractivity contribution in [1.29, 1.82) is 0 Å². The highest BCUT2D eigenvalue weighted by Crippen LogP contribution is 2.32. The largest absolute Gasteiger partial charge is 0.573 e. The Labute approximate surface area is 111 Å². The van der Waals surface area contributed by atoms with Crippen molar-refractivity contribution in [3.63, 3.8) is 0 Å². The predicted molar refractivity (Wildman–Crippen MR) is 61.7 cm³/mol. The Kier molecular flexibility index (Phi) is 4.53. The smallest absolute Gasteiger partial charge is 0.403 e. The molecule has 0 unspecified atom stereocenters. The van der Waals surface area contributed by atoms with E-state index in [9.17, 15) is 18.0 Å². The van der Waals surface area contributed by atoms with Crippen molar-refractivity contribution in [3.05, 3.63) is 21.0 Å². The topological polar surface area (TPSA) is 39.2 Å². The molecule has 0 fully saturated rings. The first-order valence-corrected chi connectivity index (χ1v) is 6.03. The summed E-state index contributed by atoms with van der Waals surface area (Å²) in [6.45, 7) is 0. The van der Waals surface area contributed by atoms with Gasteiger partial charge in [0, 0.05) is 22.7 Å². The van der Waals surface area contributed by atoms with Crippen LogP contribution in [-0.2, 0) is 5.33 Å². The Morgan fingerprint density at radius 3 is 2.62 bits per heavy atom. The summed E-state index contributed by atoms with van der Waals surface area (Å²) in [6.07, 6.45) is -3.17. The number of hydrogen-bond donors (Lipinski definition) is 0. The number of hydrogen-bond acceptors (Lipinski definition) is 3. The first-order valence-electron chi connectivity index (χ1n) is 3.83. The van der Waals surface area contributed by atoms with E-state index < -0.39 is 12.1 Å². The number of halogens is 5. The number of alkyl halides is 4. The van der Waals surface area contributed by atoms with Crippen LogP contribution in [0.3, 0.4) is 0 Å². The van der Waals surface area contributed by atoms with Gasteiger partial charge in [0.2, 0.25) is 0 Å². The van der Waals surface area contributed by atoms with Crippen molar-refractivity contribution in [2.45, 2.75) is 11.7 Å². The normalized spacial score (nSPS) is 11.3. The number of aldehydes is 1. The minimum Gasteiger partial charge on any atom is -0.403 e. The Morgan fingerprint density at radius 1 is 1.56 bits per heavy atom. The number of ether oxygens (including phenoxy) is 1. The molecule has 16 heavy (non-hydrogen) atoms. The van der Waals surface area contributed by atoms with Crippen molar-refractivity contribution in [2.75, 3.05) is 0 Å². The van der Waals surface area contributed by atoms with Crippen LogP contribution >= 0.6 is 38.5 Å². The molecule has 0 aliphatic heterocycles. The lowest BCUT2D eigenvalue weighted by Crippen LogP contribution is -2.19. The van der Waals surface area contributed by atoms with Crippen molar-refractivity contribution >= 4 is 44.8 Å². The van der Waals surface area contributed by atoms with Crippen LogP contribution in [0.15, 0.2) is 6.20 Å². The van der Waals surface area contributed by atoms with Crippen LogP contribution in [-0.4, -0.2) is 17.6 Å². The molecule has 1 aromatic rings. The molecular weight excluding hydrogens is 406 g/mol. The maximum Gasteiger partial charge on any atom is 0.573 e. The number of carbonyl (C=O) groups is 1. The monoisotopic (exact) mass is 409 g/mol. The fraction of sp³-hybridized carbons (Fsp3) is 0.250. The maximum absolute atomic E-state index is 12.1. The first-order chi connectivity index (χ1) is 7.39. The average Bonchev–Trinajstić information content (AvgIpc) is 2.19. The Balaban J connectivity index is 3.29. The van der Waals surface area contributed by atoms with E-state index in [4.69, 9.17) is 0 Å². The molecule has 0 aliphatic carbocycles. The molecule has 0 bridgehead atoms. The third-order valence-corrected chi connectivity index (χ3v) is 2.93. The van der Waals surface area contributed by atoms with Gasteiger partial charge in [-0.1, -0.05) is 15.9 Å². The fourth-order valence-electron chi connectivity index (χ4n) is 0.977. The zero-order valence-electron chi connectivity index (χ0n) is 7.52. The van der Waals surface area contributed by atoms with Crippen LogP contribution in [0.1, 0.15) is 15.9 Å². The van der Waals surface area contributed by atoms with Gasteiger partial charge in [-0.3, -0.25) is 4.79 Å². The summed E-state index contributed by atoms with van der Waals surface area (Å²) in [5.74, 6) is -0.436. The zero-order valence-corrected chi connectivity index (χ0v) is 11.3. The van der Waals surface area contributed by atoms with Gasteiger partial charge in [0.25, 0.3) is 0 Å². The summed E-state index contributed by atoms with van der Waals surface area (Å²) in [5, 5.41) is 0.0744. The first kappa shape index (κ1) is 13.7. The minimum atomic E-state index is -4.81. The molecule has 0 saturated carbocycles. The van der Waals surface area contributed by atoms with E-state index in [-0.39, 0.29) is 20.2 Å². The molecule has 0 saturated heterocycles. The Morgan fingerprint density at radius 2 is 2.19 bits per heavy atom. The van der Waals surface area contributed by atoms with Gasteiger partial charge < -0.3 is 4.74 Å². The number of nitrogens with zero attached hydrogens (tertiary/aromatic N) is 1. The van der Waals surface area contributed by atoms with Gasteiger partial charge in [-0.25, -0.2) is 4.98 Å². The van der Waals surface area contributed by atoms with Crippen LogP contribution in [0.25, 0.3) is 0 Å². The van der Waals surface area contributed by atoms with Crippen LogP contribution < -0.4 is 4.74 Å². The van der Waals surface area contributed by atoms with Gasteiger partial charge in [0.1, 0.15) is 3.70 Å².